The molecular formula is C28H33F2N5O2. The highest BCUT2D eigenvalue weighted by atomic mass is 19.2. The van der Waals surface area contributed by atoms with Gasteiger partial charge in [-0.05, 0) is 50.5 Å². The second kappa shape index (κ2) is 11.7. The maximum absolute atomic E-state index is 14.4. The van der Waals surface area contributed by atoms with Gasteiger partial charge in [-0.1, -0.05) is 19.1 Å². The monoisotopic (exact) mass is 509 g/mol. The van der Waals surface area contributed by atoms with Crippen LogP contribution in [0.25, 0.3) is 11.0 Å². The predicted octanol–water partition coefficient (Wildman–Crippen LogP) is 4.80. The summed E-state index contributed by atoms with van der Waals surface area (Å²) in [6.07, 6.45) is 3.06. The second-order valence-corrected chi connectivity index (χ2v) is 9.60. The summed E-state index contributed by atoms with van der Waals surface area (Å²) in [5.74, 6) is -2.57. The molecule has 37 heavy (non-hydrogen) atoms. The molecule has 2 heterocycles. The average molecular weight is 510 g/mol. The van der Waals surface area contributed by atoms with Gasteiger partial charge in [0.2, 0.25) is 5.91 Å². The molecule has 3 aromatic rings. The zero-order valence-corrected chi connectivity index (χ0v) is 21.6. The standard InChI is InChI=1S/C28H33F2N5O2/c1-4-27(36)35-14-8-12-33(19(2)3)11-7-13-34(18-20-15-21(29)22(30)16-26(20)35)28(37)25-17-31-23-9-5-6-10-24(23)32-25/h5-6,9-10,15-17,19H,4,7-8,11-14,18H2,1-3H3. The zero-order valence-electron chi connectivity index (χ0n) is 21.6. The summed E-state index contributed by atoms with van der Waals surface area (Å²) in [7, 11) is 0. The maximum atomic E-state index is 14.4. The van der Waals surface area contributed by atoms with Crippen molar-refractivity contribution >= 4 is 28.5 Å². The first-order valence-corrected chi connectivity index (χ1v) is 12.8. The smallest absolute Gasteiger partial charge is 0.274 e. The van der Waals surface area contributed by atoms with Crippen LogP contribution in [0.3, 0.4) is 0 Å². The Bertz CT molecular complexity index is 1280. The second-order valence-electron chi connectivity index (χ2n) is 9.60. The third-order valence-corrected chi connectivity index (χ3v) is 6.76. The van der Waals surface area contributed by atoms with Crippen molar-refractivity contribution in [2.45, 2.75) is 52.6 Å². The van der Waals surface area contributed by atoms with Crippen LogP contribution < -0.4 is 4.90 Å². The molecule has 7 nitrogen and oxygen atoms in total. The van der Waals surface area contributed by atoms with E-state index in [0.717, 1.165) is 25.2 Å². The third-order valence-electron chi connectivity index (χ3n) is 6.76. The van der Waals surface area contributed by atoms with E-state index >= 15 is 0 Å². The zero-order chi connectivity index (χ0) is 26.5. The molecular weight excluding hydrogens is 476 g/mol. The van der Waals surface area contributed by atoms with E-state index in [-0.39, 0.29) is 36.5 Å². The molecule has 0 saturated carbocycles. The molecule has 1 aromatic heterocycles. The van der Waals surface area contributed by atoms with Crippen LogP contribution in [0, 0.1) is 11.6 Å². The molecule has 2 amide bonds. The summed E-state index contributed by atoms with van der Waals surface area (Å²) >= 11 is 0. The molecule has 2 aromatic carbocycles. The summed E-state index contributed by atoms with van der Waals surface area (Å²) in [5, 5.41) is 0. The molecule has 0 aliphatic carbocycles. The van der Waals surface area contributed by atoms with Gasteiger partial charge in [0.15, 0.2) is 11.6 Å². The van der Waals surface area contributed by atoms with E-state index in [1.54, 1.807) is 17.9 Å². The number of benzene rings is 2. The van der Waals surface area contributed by atoms with Crippen molar-refractivity contribution in [1.82, 2.24) is 19.8 Å². The van der Waals surface area contributed by atoms with Crippen LogP contribution in [0.15, 0.2) is 42.6 Å². The van der Waals surface area contributed by atoms with E-state index in [4.69, 9.17) is 0 Å². The number of halogens is 2. The van der Waals surface area contributed by atoms with Gasteiger partial charge in [-0.25, -0.2) is 13.8 Å². The van der Waals surface area contributed by atoms with Gasteiger partial charge < -0.3 is 14.7 Å². The van der Waals surface area contributed by atoms with Crippen molar-refractivity contribution in [3.63, 3.8) is 0 Å². The lowest BCUT2D eigenvalue weighted by Gasteiger charge is -2.33. The largest absolute Gasteiger partial charge is 0.333 e. The molecule has 0 bridgehead atoms. The van der Waals surface area contributed by atoms with Gasteiger partial charge in [-0.15, -0.1) is 0 Å². The molecule has 0 atom stereocenters. The summed E-state index contributed by atoms with van der Waals surface area (Å²) in [4.78, 5) is 40.9. The van der Waals surface area contributed by atoms with Gasteiger partial charge in [0.05, 0.1) is 22.9 Å². The predicted molar refractivity (Wildman–Crippen MR) is 139 cm³/mol. The van der Waals surface area contributed by atoms with Gasteiger partial charge in [0, 0.05) is 51.3 Å². The van der Waals surface area contributed by atoms with Crippen LogP contribution in [-0.2, 0) is 11.3 Å². The number of anilines is 1. The molecule has 0 spiro atoms. The maximum Gasteiger partial charge on any atom is 0.274 e. The Hall–Kier alpha value is -3.46. The minimum atomic E-state index is -1.03. The Morgan fingerprint density at radius 3 is 2.35 bits per heavy atom. The molecule has 0 saturated heterocycles. The molecule has 9 heteroatoms. The van der Waals surface area contributed by atoms with Gasteiger partial charge in [0.1, 0.15) is 5.69 Å². The van der Waals surface area contributed by atoms with Crippen molar-refractivity contribution in [1.29, 1.82) is 0 Å². The van der Waals surface area contributed by atoms with Crippen LogP contribution in [0.5, 0.6) is 0 Å². The first-order valence-electron chi connectivity index (χ1n) is 12.8. The quantitative estimate of drug-likeness (QED) is 0.508. The Morgan fingerprint density at radius 2 is 1.65 bits per heavy atom. The number of nitrogens with zero attached hydrogens (tertiary/aromatic N) is 5. The number of aromatic nitrogens is 2. The molecule has 4 rings (SSSR count). The van der Waals surface area contributed by atoms with Crippen LogP contribution in [0.1, 0.15) is 56.1 Å². The van der Waals surface area contributed by atoms with Crippen molar-refractivity contribution in [2.75, 3.05) is 31.1 Å². The summed E-state index contributed by atoms with van der Waals surface area (Å²) in [5.41, 5.74) is 2.13. The lowest BCUT2D eigenvalue weighted by Crippen LogP contribution is -2.40. The Balaban J connectivity index is 1.76. The summed E-state index contributed by atoms with van der Waals surface area (Å²) in [6, 6.07) is 9.74. The molecule has 1 aliphatic rings. The SMILES string of the molecule is CCC(=O)N1CCCN(C(C)C)CCCN(C(=O)c2cnc3ccccc3n2)Cc2cc(F)c(F)cc21. The van der Waals surface area contributed by atoms with E-state index < -0.39 is 11.6 Å². The lowest BCUT2D eigenvalue weighted by atomic mass is 10.1. The number of carbonyl (C=O) groups is 2. The molecule has 0 fully saturated rings. The molecule has 196 valence electrons. The van der Waals surface area contributed by atoms with Crippen LogP contribution in [0.2, 0.25) is 0 Å². The Morgan fingerprint density at radius 1 is 0.973 bits per heavy atom. The molecule has 0 unspecified atom stereocenters. The fraction of sp³-hybridized carbons (Fsp3) is 0.429. The highest BCUT2D eigenvalue weighted by molar-refractivity contribution is 5.95. The molecule has 0 radical (unpaired) electrons. The first-order chi connectivity index (χ1) is 17.8. The summed E-state index contributed by atoms with van der Waals surface area (Å²) < 4.78 is 28.9. The van der Waals surface area contributed by atoms with E-state index in [9.17, 15) is 18.4 Å². The van der Waals surface area contributed by atoms with Crippen molar-refractivity contribution in [3.05, 3.63) is 65.5 Å². The van der Waals surface area contributed by atoms with Gasteiger partial charge >= 0.3 is 0 Å². The van der Waals surface area contributed by atoms with Crippen LogP contribution >= 0.6 is 0 Å². The number of rotatable bonds is 3. The van der Waals surface area contributed by atoms with Crippen LogP contribution in [0.4, 0.5) is 14.5 Å². The van der Waals surface area contributed by atoms with E-state index in [0.29, 0.717) is 48.2 Å². The highest BCUT2D eigenvalue weighted by Gasteiger charge is 2.26. The Kier molecular flexibility index (Phi) is 8.43. The van der Waals surface area contributed by atoms with E-state index in [2.05, 4.69) is 28.7 Å². The average Bonchev–Trinajstić information content (AvgIpc) is 2.89. The number of hydrogen-bond acceptors (Lipinski definition) is 5. The minimum Gasteiger partial charge on any atom is -0.333 e. The minimum absolute atomic E-state index is 0.00897. The van der Waals surface area contributed by atoms with Crippen molar-refractivity contribution < 1.29 is 18.4 Å². The van der Waals surface area contributed by atoms with E-state index in [1.807, 2.05) is 18.2 Å². The number of para-hydroxylation sites is 2. The number of carbonyl (C=O) groups excluding carboxylic acids is 2. The number of hydrogen-bond donors (Lipinski definition) is 0. The van der Waals surface area contributed by atoms with Gasteiger partial charge in [0.25, 0.3) is 5.91 Å². The fourth-order valence-corrected chi connectivity index (χ4v) is 4.73. The Labute approximate surface area is 216 Å². The third kappa shape index (κ3) is 6.10. The van der Waals surface area contributed by atoms with E-state index in [1.165, 1.54) is 11.1 Å². The first kappa shape index (κ1) is 26.6. The van der Waals surface area contributed by atoms with Crippen molar-refractivity contribution in [3.8, 4) is 0 Å². The van der Waals surface area contributed by atoms with Crippen LogP contribution in [-0.4, -0.2) is 63.8 Å². The molecule has 0 N–H and O–H groups in total. The topological polar surface area (TPSA) is 69.6 Å². The molecule has 1 aliphatic heterocycles. The highest BCUT2D eigenvalue weighted by Crippen LogP contribution is 2.28. The van der Waals surface area contributed by atoms with Gasteiger partial charge in [-0.2, -0.15) is 0 Å². The van der Waals surface area contributed by atoms with Crippen molar-refractivity contribution in [2.24, 2.45) is 0 Å². The lowest BCUT2D eigenvalue weighted by molar-refractivity contribution is -0.118. The number of fused-ring (bicyclic) bond motifs is 2. The number of amides is 2. The fourth-order valence-electron chi connectivity index (χ4n) is 4.73. The normalized spacial score (nSPS) is 15.8. The summed E-state index contributed by atoms with van der Waals surface area (Å²) in [6.45, 7) is 8.24. The van der Waals surface area contributed by atoms with Gasteiger partial charge in [-0.3, -0.25) is 14.6 Å².